The van der Waals surface area contributed by atoms with Gasteiger partial charge in [-0.05, 0) is 62.9 Å². The van der Waals surface area contributed by atoms with E-state index >= 15 is 0 Å². The molecular formula is C22H30N4O3. The molecule has 1 heterocycles. The molecule has 0 atom stereocenters. The number of hydrogen-bond acceptors (Lipinski definition) is 5. The first-order chi connectivity index (χ1) is 13.6. The van der Waals surface area contributed by atoms with Crippen molar-refractivity contribution in [3.05, 3.63) is 46.8 Å². The van der Waals surface area contributed by atoms with Crippen molar-refractivity contribution in [2.45, 2.75) is 59.9 Å². The molecule has 156 valence electrons. The number of carboxylic acids is 1. The summed E-state index contributed by atoms with van der Waals surface area (Å²) in [7, 11) is 0. The third-order valence-corrected chi connectivity index (χ3v) is 4.62. The molecule has 0 bridgehead atoms. The second-order valence-electron chi connectivity index (χ2n) is 7.71. The second-order valence-corrected chi connectivity index (χ2v) is 7.71. The van der Waals surface area contributed by atoms with Crippen LogP contribution in [0.4, 0.5) is 11.6 Å². The average Bonchev–Trinajstić information content (AvgIpc) is 2.65. The minimum absolute atomic E-state index is 0.149. The first-order valence-corrected chi connectivity index (χ1v) is 9.94. The molecule has 0 aliphatic rings. The van der Waals surface area contributed by atoms with Gasteiger partial charge in [-0.25, -0.2) is 14.8 Å². The molecule has 0 aliphatic carbocycles. The van der Waals surface area contributed by atoms with Crippen LogP contribution in [-0.2, 0) is 0 Å². The molecule has 0 saturated heterocycles. The van der Waals surface area contributed by atoms with Crippen LogP contribution in [0.1, 0.15) is 79.1 Å². The standard InChI is InChI=1S/C22H30N4O3/c1-7-10-26(14(4)5)22-24-18(13(2)3)12-19(25-22)20(27)23-16-8-9-17(21(28)29)15(6)11-16/h8-9,11-14H,7,10H2,1-6H3,(H,23,27)(H,28,29). The molecule has 0 radical (unpaired) electrons. The fourth-order valence-corrected chi connectivity index (χ4v) is 3.00. The SMILES string of the molecule is CCCN(c1nc(C(=O)Nc2ccc(C(=O)O)c(C)c2)cc(C(C)C)n1)C(C)C. The van der Waals surface area contributed by atoms with Gasteiger partial charge in [-0.15, -0.1) is 0 Å². The van der Waals surface area contributed by atoms with Crippen LogP contribution in [0.5, 0.6) is 0 Å². The maximum absolute atomic E-state index is 12.9. The highest BCUT2D eigenvalue weighted by molar-refractivity contribution is 6.03. The maximum Gasteiger partial charge on any atom is 0.335 e. The molecule has 0 spiro atoms. The Labute approximate surface area is 172 Å². The van der Waals surface area contributed by atoms with Crippen molar-refractivity contribution < 1.29 is 14.7 Å². The predicted molar refractivity (Wildman–Crippen MR) is 115 cm³/mol. The number of nitrogens with one attached hydrogen (secondary N) is 1. The van der Waals surface area contributed by atoms with Gasteiger partial charge in [-0.2, -0.15) is 0 Å². The smallest absolute Gasteiger partial charge is 0.335 e. The lowest BCUT2D eigenvalue weighted by Crippen LogP contribution is -2.34. The molecule has 0 fully saturated rings. The lowest BCUT2D eigenvalue weighted by atomic mass is 10.1. The Balaban J connectivity index is 2.38. The Morgan fingerprint density at radius 1 is 1.14 bits per heavy atom. The van der Waals surface area contributed by atoms with Crippen LogP contribution in [-0.4, -0.2) is 39.5 Å². The normalized spacial score (nSPS) is 11.0. The van der Waals surface area contributed by atoms with Crippen molar-refractivity contribution in [3.63, 3.8) is 0 Å². The third kappa shape index (κ3) is 5.53. The van der Waals surface area contributed by atoms with Gasteiger partial charge in [0.1, 0.15) is 5.69 Å². The van der Waals surface area contributed by atoms with Crippen molar-refractivity contribution >= 4 is 23.5 Å². The van der Waals surface area contributed by atoms with E-state index in [1.54, 1.807) is 25.1 Å². The molecule has 2 rings (SSSR count). The van der Waals surface area contributed by atoms with Crippen LogP contribution in [0.3, 0.4) is 0 Å². The predicted octanol–water partition coefficient (Wildman–Crippen LogP) is 4.48. The highest BCUT2D eigenvalue weighted by Crippen LogP contribution is 2.21. The number of aromatic nitrogens is 2. The summed E-state index contributed by atoms with van der Waals surface area (Å²) in [6.45, 7) is 12.8. The van der Waals surface area contributed by atoms with E-state index < -0.39 is 5.97 Å². The van der Waals surface area contributed by atoms with E-state index in [0.717, 1.165) is 18.7 Å². The zero-order valence-electron chi connectivity index (χ0n) is 18.0. The first-order valence-electron chi connectivity index (χ1n) is 9.94. The number of benzene rings is 1. The number of aromatic carboxylic acids is 1. The summed E-state index contributed by atoms with van der Waals surface area (Å²) in [5.74, 6) is -0.642. The quantitative estimate of drug-likeness (QED) is 0.680. The summed E-state index contributed by atoms with van der Waals surface area (Å²) in [6.07, 6.45) is 0.949. The molecule has 0 aliphatic heterocycles. The number of carbonyl (C=O) groups is 2. The Morgan fingerprint density at radius 2 is 1.83 bits per heavy atom. The van der Waals surface area contributed by atoms with Gasteiger partial charge in [0.05, 0.1) is 5.56 Å². The molecule has 0 unspecified atom stereocenters. The molecule has 1 aromatic carbocycles. The summed E-state index contributed by atoms with van der Waals surface area (Å²) in [4.78, 5) is 35.4. The highest BCUT2D eigenvalue weighted by Gasteiger charge is 2.19. The van der Waals surface area contributed by atoms with E-state index in [0.29, 0.717) is 22.9 Å². The zero-order chi connectivity index (χ0) is 21.7. The van der Waals surface area contributed by atoms with Crippen molar-refractivity contribution in [1.82, 2.24) is 9.97 Å². The fourth-order valence-electron chi connectivity index (χ4n) is 3.00. The van der Waals surface area contributed by atoms with Crippen LogP contribution < -0.4 is 10.2 Å². The van der Waals surface area contributed by atoms with E-state index in [1.807, 2.05) is 13.8 Å². The minimum atomic E-state index is -0.993. The summed E-state index contributed by atoms with van der Waals surface area (Å²) < 4.78 is 0. The van der Waals surface area contributed by atoms with E-state index in [9.17, 15) is 9.59 Å². The Kier molecular flexibility index (Phi) is 7.31. The molecular weight excluding hydrogens is 368 g/mol. The summed E-state index contributed by atoms with van der Waals surface area (Å²) >= 11 is 0. The lowest BCUT2D eigenvalue weighted by molar-refractivity contribution is 0.0696. The van der Waals surface area contributed by atoms with Crippen LogP contribution in [0.15, 0.2) is 24.3 Å². The van der Waals surface area contributed by atoms with Crippen molar-refractivity contribution in [1.29, 1.82) is 0 Å². The molecule has 2 N–H and O–H groups in total. The third-order valence-electron chi connectivity index (χ3n) is 4.62. The number of anilines is 2. The van der Waals surface area contributed by atoms with E-state index in [-0.39, 0.29) is 23.4 Å². The Bertz CT molecular complexity index is 894. The minimum Gasteiger partial charge on any atom is -0.478 e. The molecule has 29 heavy (non-hydrogen) atoms. The summed E-state index contributed by atoms with van der Waals surface area (Å²) in [5.41, 5.74) is 2.41. The highest BCUT2D eigenvalue weighted by atomic mass is 16.4. The van der Waals surface area contributed by atoms with E-state index in [4.69, 9.17) is 5.11 Å². The topological polar surface area (TPSA) is 95.4 Å². The van der Waals surface area contributed by atoms with Gasteiger partial charge in [-0.1, -0.05) is 20.8 Å². The van der Waals surface area contributed by atoms with Gasteiger partial charge in [0, 0.05) is 24.0 Å². The van der Waals surface area contributed by atoms with Gasteiger partial charge in [0.2, 0.25) is 5.95 Å². The zero-order valence-corrected chi connectivity index (χ0v) is 18.0. The van der Waals surface area contributed by atoms with Crippen molar-refractivity contribution in [2.75, 3.05) is 16.8 Å². The summed E-state index contributed by atoms with van der Waals surface area (Å²) in [6, 6.07) is 6.63. The first kappa shape index (κ1) is 22.3. The maximum atomic E-state index is 12.9. The number of rotatable bonds is 8. The number of aryl methyl sites for hydroxylation is 1. The van der Waals surface area contributed by atoms with E-state index in [2.05, 4.69) is 41.0 Å². The van der Waals surface area contributed by atoms with Crippen molar-refractivity contribution in [3.8, 4) is 0 Å². The van der Waals surface area contributed by atoms with Gasteiger partial charge in [0.15, 0.2) is 0 Å². The lowest BCUT2D eigenvalue weighted by Gasteiger charge is -2.27. The molecule has 7 heteroatoms. The molecule has 0 saturated carbocycles. The van der Waals surface area contributed by atoms with Crippen LogP contribution >= 0.6 is 0 Å². The number of nitrogens with zero attached hydrogens (tertiary/aromatic N) is 3. The van der Waals surface area contributed by atoms with Crippen LogP contribution in [0.25, 0.3) is 0 Å². The van der Waals surface area contributed by atoms with Crippen molar-refractivity contribution in [2.24, 2.45) is 0 Å². The second kappa shape index (κ2) is 9.49. The van der Waals surface area contributed by atoms with Gasteiger partial charge in [-0.3, -0.25) is 4.79 Å². The molecule has 1 aromatic heterocycles. The molecule has 7 nitrogen and oxygen atoms in total. The number of amides is 1. The number of carboxylic acid groups (broad SMARTS) is 1. The fraction of sp³-hybridized carbons (Fsp3) is 0.455. The van der Waals surface area contributed by atoms with Gasteiger partial charge >= 0.3 is 5.97 Å². The summed E-state index contributed by atoms with van der Waals surface area (Å²) in [5, 5.41) is 12.0. The molecule has 1 amide bonds. The Morgan fingerprint density at radius 3 is 2.34 bits per heavy atom. The largest absolute Gasteiger partial charge is 0.478 e. The molecule has 2 aromatic rings. The number of hydrogen-bond donors (Lipinski definition) is 2. The number of carbonyl (C=O) groups excluding carboxylic acids is 1. The monoisotopic (exact) mass is 398 g/mol. The van der Waals surface area contributed by atoms with Gasteiger partial charge < -0.3 is 15.3 Å². The average molecular weight is 399 g/mol. The van der Waals surface area contributed by atoms with Gasteiger partial charge in [0.25, 0.3) is 5.91 Å². The van der Waals surface area contributed by atoms with Crippen LogP contribution in [0, 0.1) is 6.92 Å². The van der Waals surface area contributed by atoms with E-state index in [1.165, 1.54) is 6.07 Å². The van der Waals surface area contributed by atoms with Crippen LogP contribution in [0.2, 0.25) is 0 Å². The Hall–Kier alpha value is -2.96.